The van der Waals surface area contributed by atoms with Gasteiger partial charge in [-0.05, 0) is 88.3 Å². The van der Waals surface area contributed by atoms with E-state index in [-0.39, 0.29) is 0 Å². The van der Waals surface area contributed by atoms with Crippen molar-refractivity contribution in [3.8, 4) is 89.0 Å². The third-order valence-corrected chi connectivity index (χ3v) is 12.4. The molecule has 0 saturated heterocycles. The van der Waals surface area contributed by atoms with Crippen LogP contribution >= 0.6 is 0 Å². The molecule has 2 nitrogen and oxygen atoms in total. The molecule has 62 heavy (non-hydrogen) atoms. The molecule has 10 aromatic rings. The molecule has 0 aliphatic heterocycles. The van der Waals surface area contributed by atoms with Gasteiger partial charge in [0.2, 0.25) is 0 Å². The second-order valence-electron chi connectivity index (χ2n) is 16.0. The first-order valence-corrected chi connectivity index (χ1v) is 21.2. The predicted molar refractivity (Wildman–Crippen MR) is 261 cm³/mol. The summed E-state index contributed by atoms with van der Waals surface area (Å²) >= 11 is 0. The minimum atomic E-state index is 0.596. The monoisotopic (exact) mass is 790 g/mol. The maximum atomic E-state index is 7.26. The highest BCUT2D eigenvalue weighted by molar-refractivity contribution is 5.99. The van der Waals surface area contributed by atoms with Gasteiger partial charge in [0, 0.05) is 21.6 Å². The molecule has 0 radical (unpaired) electrons. The van der Waals surface area contributed by atoms with E-state index in [0.29, 0.717) is 11.4 Å². The zero-order valence-corrected chi connectivity index (χ0v) is 34.1. The van der Waals surface area contributed by atoms with E-state index in [1.165, 1.54) is 44.2 Å². The molecule has 1 aliphatic rings. The Kier molecular flexibility index (Phi) is 9.17. The van der Waals surface area contributed by atoms with Gasteiger partial charge in [-0.25, -0.2) is 0 Å². The fourth-order valence-electron chi connectivity index (χ4n) is 9.31. The fraction of sp³-hybridized carbons (Fsp3) is 0. The molecule has 0 amide bonds. The van der Waals surface area contributed by atoms with Crippen LogP contribution in [0.5, 0.6) is 0 Å². The first-order valence-electron chi connectivity index (χ1n) is 21.2. The highest BCUT2D eigenvalue weighted by atomic mass is 14.7. The van der Waals surface area contributed by atoms with Crippen molar-refractivity contribution >= 4 is 11.4 Å². The van der Waals surface area contributed by atoms with Crippen LogP contribution in [0.25, 0.3) is 89.0 Å². The first kappa shape index (κ1) is 36.8. The Balaban J connectivity index is 1.20. The molecule has 11 rings (SSSR count). The summed E-state index contributed by atoms with van der Waals surface area (Å²) in [5.41, 5.74) is 33.9. The van der Waals surface area contributed by atoms with Gasteiger partial charge in [-0.15, -0.1) is 0 Å². The van der Waals surface area contributed by atoms with E-state index in [0.717, 1.165) is 65.7 Å². The second kappa shape index (κ2) is 15.4. The number of benzene rings is 10. The molecule has 2 heteroatoms. The second-order valence-corrected chi connectivity index (χ2v) is 16.0. The Hall–Kier alpha value is -8.20. The molecule has 0 atom stereocenters. The van der Waals surface area contributed by atoms with Crippen LogP contribution in [0, 0.1) is 20.9 Å². The lowest BCUT2D eigenvalue weighted by Crippen LogP contribution is -2.08. The zero-order chi connectivity index (χ0) is 41.6. The van der Waals surface area contributed by atoms with Gasteiger partial charge in [-0.1, -0.05) is 231 Å². The number of nitrogens with two attached hydrogens (primary N) is 2. The van der Waals surface area contributed by atoms with Gasteiger partial charge in [-0.2, -0.15) is 0 Å². The highest BCUT2D eigenvalue weighted by Crippen LogP contribution is 2.47. The number of hydrogen-bond acceptors (Lipinski definition) is 2. The fourth-order valence-corrected chi connectivity index (χ4v) is 9.31. The Morgan fingerprint density at radius 1 is 0.194 bits per heavy atom. The van der Waals surface area contributed by atoms with Crippen LogP contribution in [-0.2, 0) is 0 Å². The van der Waals surface area contributed by atoms with Crippen molar-refractivity contribution in [2.45, 2.75) is 0 Å². The molecule has 292 valence electrons. The third kappa shape index (κ3) is 6.38. The highest BCUT2D eigenvalue weighted by Gasteiger charge is 2.25. The van der Waals surface area contributed by atoms with Crippen LogP contribution < -0.4 is 11.5 Å². The molecule has 0 fully saturated rings. The van der Waals surface area contributed by atoms with Crippen molar-refractivity contribution in [1.82, 2.24) is 0 Å². The molecular formula is C60H42N2. The van der Waals surface area contributed by atoms with E-state index < -0.39 is 0 Å². The van der Waals surface area contributed by atoms with Gasteiger partial charge in [0.05, 0.1) is 11.4 Å². The lowest BCUT2D eigenvalue weighted by molar-refractivity contribution is 1.29. The van der Waals surface area contributed by atoms with E-state index >= 15 is 0 Å². The number of anilines is 2. The molecule has 1 aliphatic carbocycles. The minimum absolute atomic E-state index is 0.596. The third-order valence-electron chi connectivity index (χ3n) is 12.4. The minimum Gasteiger partial charge on any atom is -0.397 e. The number of nitrogen functional groups attached to an aromatic ring is 2. The number of hydrogen-bond donors (Lipinski definition) is 2. The summed E-state index contributed by atoms with van der Waals surface area (Å²) in [5.74, 6) is 0. The smallest absolute Gasteiger partial charge is 0.0640 e. The normalized spacial score (nSPS) is 11.4. The van der Waals surface area contributed by atoms with Crippen molar-refractivity contribution in [3.05, 3.63) is 251 Å². The van der Waals surface area contributed by atoms with E-state index in [9.17, 15) is 0 Å². The maximum Gasteiger partial charge on any atom is 0.0640 e. The average Bonchev–Trinajstić information content (AvgIpc) is 3.35. The van der Waals surface area contributed by atoms with Crippen molar-refractivity contribution < 1.29 is 0 Å². The molecule has 10 aromatic carbocycles. The van der Waals surface area contributed by atoms with Crippen LogP contribution in [0.4, 0.5) is 11.4 Å². The number of fused-ring (bicyclic) bond motifs is 2. The van der Waals surface area contributed by atoms with Crippen LogP contribution in [0.15, 0.2) is 231 Å². The molecule has 0 heterocycles. The first-order chi connectivity index (χ1) is 30.6. The van der Waals surface area contributed by atoms with Gasteiger partial charge >= 0.3 is 0 Å². The molecule has 0 aromatic heterocycles. The van der Waals surface area contributed by atoms with Crippen molar-refractivity contribution in [3.63, 3.8) is 0 Å². The van der Waals surface area contributed by atoms with Gasteiger partial charge in [0.25, 0.3) is 0 Å². The van der Waals surface area contributed by atoms with Crippen LogP contribution in [-0.4, -0.2) is 0 Å². The molecule has 0 bridgehead atoms. The van der Waals surface area contributed by atoms with Crippen LogP contribution in [0.1, 0.15) is 0 Å². The van der Waals surface area contributed by atoms with Gasteiger partial charge < -0.3 is 11.5 Å². The topological polar surface area (TPSA) is 52.0 Å². The average molecular weight is 791 g/mol. The summed E-state index contributed by atoms with van der Waals surface area (Å²) in [6, 6.07) is 82.3. The molecule has 0 unspecified atom stereocenters. The van der Waals surface area contributed by atoms with Crippen molar-refractivity contribution in [2.75, 3.05) is 11.5 Å². The summed E-state index contributed by atoms with van der Waals surface area (Å²) in [6.45, 7) is 0. The molecular weight excluding hydrogens is 749 g/mol. The molecule has 0 spiro atoms. The van der Waals surface area contributed by atoms with Gasteiger partial charge in [0.15, 0.2) is 0 Å². The van der Waals surface area contributed by atoms with Crippen molar-refractivity contribution in [1.29, 1.82) is 0 Å². The maximum absolute atomic E-state index is 7.26. The summed E-state index contributed by atoms with van der Waals surface area (Å²) in [5, 5.41) is 4.45. The van der Waals surface area contributed by atoms with Gasteiger partial charge in [-0.3, -0.25) is 0 Å². The standard InChI is InChI=1S/C60H42N2/c61-59-55(50-35-27-46(28-36-50)42-19-11-4-12-20-42)54(49-33-25-45(26-34-49)41-17-9-3-10-18-41)58-56-52(57(58)60(59)62)38-37-51(47-29-21-43(22-30-47)39-13-5-1-6-14-39)53(56)48-31-23-44(24-32-48)40-15-7-2-8-16-40/h1-38H,61-62H2. The van der Waals surface area contributed by atoms with Crippen LogP contribution in [0.3, 0.4) is 0 Å². The quantitative estimate of drug-likeness (QED) is 0.151. The molecule has 4 N–H and O–H groups in total. The Morgan fingerprint density at radius 3 is 0.887 bits per heavy atom. The van der Waals surface area contributed by atoms with E-state index in [2.05, 4.69) is 224 Å². The molecule has 0 saturated carbocycles. The Bertz CT molecular complexity index is 3440. The van der Waals surface area contributed by atoms with Gasteiger partial charge in [0.1, 0.15) is 0 Å². The van der Waals surface area contributed by atoms with E-state index in [1.54, 1.807) is 0 Å². The predicted octanol–water partition coefficient (Wildman–Crippen LogP) is 15.1. The van der Waals surface area contributed by atoms with E-state index in [1.807, 2.05) is 6.07 Å². The van der Waals surface area contributed by atoms with Crippen molar-refractivity contribution in [2.24, 2.45) is 0 Å². The zero-order valence-electron chi connectivity index (χ0n) is 34.1. The summed E-state index contributed by atoms with van der Waals surface area (Å²) in [7, 11) is 0. The van der Waals surface area contributed by atoms with Crippen LogP contribution in [0.2, 0.25) is 0 Å². The number of rotatable bonds is 8. The van der Waals surface area contributed by atoms with E-state index in [4.69, 9.17) is 11.5 Å². The summed E-state index contributed by atoms with van der Waals surface area (Å²) in [4.78, 5) is 0. The Labute approximate surface area is 361 Å². The lowest BCUT2D eigenvalue weighted by Gasteiger charge is -2.24. The summed E-state index contributed by atoms with van der Waals surface area (Å²) in [6.07, 6.45) is 0. The lowest BCUT2D eigenvalue weighted by atomic mass is 9.81. The SMILES string of the molecule is Nc1c(-c2ccc(-c3ccccc3)cc2)c(-c2ccc(-c3ccccc3)cc2)c2c(c1N)=c1ccc(-c3ccc(-c4ccccc4)cc3)c(-c3ccc(-c4ccccc4)cc3)c1=2. The largest absolute Gasteiger partial charge is 0.397 e. The summed E-state index contributed by atoms with van der Waals surface area (Å²) < 4.78 is 0. The Morgan fingerprint density at radius 2 is 0.500 bits per heavy atom.